The Morgan fingerprint density at radius 3 is 2.88 bits per heavy atom. The van der Waals surface area contributed by atoms with Crippen molar-refractivity contribution in [2.24, 2.45) is 5.92 Å². The summed E-state index contributed by atoms with van der Waals surface area (Å²) in [6, 6.07) is 0. The molecule has 0 radical (unpaired) electrons. The van der Waals surface area contributed by atoms with E-state index in [1.165, 1.54) is 32.1 Å². The highest BCUT2D eigenvalue weighted by atomic mass is 35.5. The van der Waals surface area contributed by atoms with Crippen molar-refractivity contribution in [3.63, 3.8) is 0 Å². The van der Waals surface area contributed by atoms with Gasteiger partial charge in [0, 0.05) is 6.54 Å². The Kier molecular flexibility index (Phi) is 4.42. The van der Waals surface area contributed by atoms with Gasteiger partial charge in [-0.15, -0.1) is 0 Å². The number of aromatic nitrogens is 2. The summed E-state index contributed by atoms with van der Waals surface area (Å²) in [6.45, 7) is 0.934. The average Bonchev–Trinajstić information content (AvgIpc) is 2.38. The van der Waals surface area contributed by atoms with Crippen LogP contribution in [0.5, 0.6) is 5.75 Å². The molecule has 2 rings (SSSR count). The zero-order valence-corrected chi connectivity index (χ0v) is 10.8. The first-order valence-electron chi connectivity index (χ1n) is 6.10. The fourth-order valence-electron chi connectivity index (χ4n) is 2.26. The van der Waals surface area contributed by atoms with Crippen molar-refractivity contribution in [2.45, 2.75) is 32.1 Å². The van der Waals surface area contributed by atoms with E-state index in [9.17, 15) is 0 Å². The van der Waals surface area contributed by atoms with Crippen LogP contribution in [-0.2, 0) is 0 Å². The van der Waals surface area contributed by atoms with Gasteiger partial charge in [-0.05, 0) is 30.4 Å². The molecule has 0 bridgehead atoms. The van der Waals surface area contributed by atoms with E-state index < -0.39 is 0 Å². The maximum atomic E-state index is 5.78. The Bertz CT molecular complexity index is 367. The Morgan fingerprint density at radius 1 is 1.41 bits per heavy atom. The third kappa shape index (κ3) is 3.46. The molecule has 94 valence electrons. The minimum absolute atomic E-state index is 0.247. The normalized spacial score (nSPS) is 16.8. The number of ether oxygens (including phenoxy) is 1. The molecule has 1 aliphatic carbocycles. The van der Waals surface area contributed by atoms with Gasteiger partial charge < -0.3 is 10.1 Å². The largest absolute Gasteiger partial charge is 0.491 e. The highest BCUT2D eigenvalue weighted by Crippen LogP contribution is 2.26. The van der Waals surface area contributed by atoms with Gasteiger partial charge in [-0.25, -0.2) is 4.98 Å². The van der Waals surface area contributed by atoms with Crippen molar-refractivity contribution >= 4 is 17.4 Å². The van der Waals surface area contributed by atoms with Crippen molar-refractivity contribution in [1.82, 2.24) is 9.97 Å². The van der Waals surface area contributed by atoms with E-state index in [4.69, 9.17) is 16.3 Å². The maximum absolute atomic E-state index is 5.78. The second kappa shape index (κ2) is 6.05. The number of methoxy groups -OCH3 is 1. The molecule has 1 aromatic rings. The molecular formula is C12H18ClN3O. The molecule has 1 N–H and O–H groups in total. The van der Waals surface area contributed by atoms with E-state index in [-0.39, 0.29) is 5.28 Å². The third-order valence-electron chi connectivity index (χ3n) is 3.23. The van der Waals surface area contributed by atoms with Gasteiger partial charge in [0.1, 0.15) is 0 Å². The van der Waals surface area contributed by atoms with Gasteiger partial charge in [-0.3, -0.25) is 0 Å². The maximum Gasteiger partial charge on any atom is 0.224 e. The fourth-order valence-corrected chi connectivity index (χ4v) is 2.39. The highest BCUT2D eigenvalue weighted by Gasteiger charge is 2.14. The van der Waals surface area contributed by atoms with Crippen LogP contribution in [0.15, 0.2) is 6.20 Å². The molecule has 5 heteroatoms. The SMILES string of the molecule is COc1cnc(Cl)nc1NCC1CCCCC1. The van der Waals surface area contributed by atoms with Gasteiger partial charge in [0.05, 0.1) is 13.3 Å². The molecule has 1 fully saturated rings. The summed E-state index contributed by atoms with van der Waals surface area (Å²) in [7, 11) is 1.61. The number of nitrogens with zero attached hydrogens (tertiary/aromatic N) is 2. The molecule has 0 atom stereocenters. The molecule has 1 aliphatic rings. The van der Waals surface area contributed by atoms with Crippen molar-refractivity contribution < 1.29 is 4.74 Å². The lowest BCUT2D eigenvalue weighted by Crippen LogP contribution is -2.18. The van der Waals surface area contributed by atoms with E-state index >= 15 is 0 Å². The third-order valence-corrected chi connectivity index (χ3v) is 3.41. The average molecular weight is 256 g/mol. The van der Waals surface area contributed by atoms with Crippen molar-refractivity contribution in [1.29, 1.82) is 0 Å². The molecule has 0 spiro atoms. The zero-order valence-electron chi connectivity index (χ0n) is 10.1. The smallest absolute Gasteiger partial charge is 0.224 e. The quantitative estimate of drug-likeness (QED) is 0.840. The first-order valence-corrected chi connectivity index (χ1v) is 6.48. The van der Waals surface area contributed by atoms with Crippen LogP contribution in [0.25, 0.3) is 0 Å². The Labute approximate surface area is 107 Å². The van der Waals surface area contributed by atoms with Crippen LogP contribution in [0.2, 0.25) is 5.28 Å². The molecule has 1 saturated carbocycles. The van der Waals surface area contributed by atoms with Crippen molar-refractivity contribution in [2.75, 3.05) is 19.0 Å². The van der Waals surface area contributed by atoms with Gasteiger partial charge in [0.15, 0.2) is 11.6 Å². The molecule has 0 aliphatic heterocycles. The van der Waals surface area contributed by atoms with Crippen LogP contribution >= 0.6 is 11.6 Å². The minimum atomic E-state index is 0.247. The molecule has 0 amide bonds. The van der Waals surface area contributed by atoms with Crippen LogP contribution < -0.4 is 10.1 Å². The summed E-state index contributed by atoms with van der Waals surface area (Å²) in [4.78, 5) is 8.04. The first kappa shape index (κ1) is 12.4. The van der Waals surface area contributed by atoms with Crippen molar-refractivity contribution in [3.8, 4) is 5.75 Å². The van der Waals surface area contributed by atoms with Crippen LogP contribution in [0.4, 0.5) is 5.82 Å². The second-order valence-electron chi connectivity index (χ2n) is 4.44. The van der Waals surface area contributed by atoms with Gasteiger partial charge in [0.2, 0.25) is 5.28 Å². The van der Waals surface area contributed by atoms with Crippen LogP contribution in [0, 0.1) is 5.92 Å². The minimum Gasteiger partial charge on any atom is -0.491 e. The predicted molar refractivity (Wildman–Crippen MR) is 68.7 cm³/mol. The Morgan fingerprint density at radius 2 is 2.18 bits per heavy atom. The molecule has 0 saturated heterocycles. The van der Waals surface area contributed by atoms with Crippen LogP contribution in [0.3, 0.4) is 0 Å². The molecular weight excluding hydrogens is 238 g/mol. The van der Waals surface area contributed by atoms with Gasteiger partial charge in [0.25, 0.3) is 0 Å². The Hall–Kier alpha value is -1.03. The van der Waals surface area contributed by atoms with Crippen LogP contribution in [0.1, 0.15) is 32.1 Å². The molecule has 4 nitrogen and oxygen atoms in total. The topological polar surface area (TPSA) is 47.0 Å². The first-order chi connectivity index (χ1) is 8.29. The van der Waals surface area contributed by atoms with Crippen LogP contribution in [-0.4, -0.2) is 23.6 Å². The number of anilines is 1. The standard InChI is InChI=1S/C12H18ClN3O/c1-17-10-8-15-12(13)16-11(10)14-7-9-5-3-2-4-6-9/h8-9H,2-7H2,1H3,(H,14,15,16). The number of nitrogens with one attached hydrogen (secondary N) is 1. The van der Waals surface area contributed by atoms with E-state index in [2.05, 4.69) is 15.3 Å². The highest BCUT2D eigenvalue weighted by molar-refractivity contribution is 6.28. The zero-order chi connectivity index (χ0) is 12.1. The number of hydrogen-bond donors (Lipinski definition) is 1. The van der Waals surface area contributed by atoms with E-state index in [0.29, 0.717) is 11.6 Å². The monoisotopic (exact) mass is 255 g/mol. The fraction of sp³-hybridized carbons (Fsp3) is 0.667. The second-order valence-corrected chi connectivity index (χ2v) is 4.78. The molecule has 1 aromatic heterocycles. The molecule has 17 heavy (non-hydrogen) atoms. The van der Waals surface area contributed by atoms with Gasteiger partial charge in [-0.2, -0.15) is 4.98 Å². The summed E-state index contributed by atoms with van der Waals surface area (Å²) < 4.78 is 5.19. The molecule has 0 unspecified atom stereocenters. The summed E-state index contributed by atoms with van der Waals surface area (Å²) in [6.07, 6.45) is 8.25. The van der Waals surface area contributed by atoms with Crippen molar-refractivity contribution in [3.05, 3.63) is 11.5 Å². The van der Waals surface area contributed by atoms with Gasteiger partial charge >= 0.3 is 0 Å². The summed E-state index contributed by atoms with van der Waals surface area (Å²) in [5, 5.41) is 3.56. The lowest BCUT2D eigenvalue weighted by Gasteiger charge is -2.22. The predicted octanol–water partition coefficient (Wildman–Crippen LogP) is 3.13. The lowest BCUT2D eigenvalue weighted by atomic mass is 9.89. The number of halogens is 1. The van der Waals surface area contributed by atoms with E-state index in [1.807, 2.05) is 0 Å². The van der Waals surface area contributed by atoms with E-state index in [1.54, 1.807) is 13.3 Å². The summed E-state index contributed by atoms with van der Waals surface area (Å²) in [5.41, 5.74) is 0. The summed E-state index contributed by atoms with van der Waals surface area (Å²) >= 11 is 5.78. The number of hydrogen-bond acceptors (Lipinski definition) is 4. The Balaban J connectivity index is 1.95. The number of rotatable bonds is 4. The molecule has 0 aromatic carbocycles. The lowest BCUT2D eigenvalue weighted by molar-refractivity contribution is 0.371. The molecule has 1 heterocycles. The van der Waals surface area contributed by atoms with E-state index in [0.717, 1.165) is 12.5 Å². The summed E-state index contributed by atoms with van der Waals surface area (Å²) in [5.74, 6) is 2.07. The van der Waals surface area contributed by atoms with Gasteiger partial charge in [-0.1, -0.05) is 19.3 Å².